The quantitative estimate of drug-likeness (QED) is 0.813. The second-order valence-electron chi connectivity index (χ2n) is 4.44. The van der Waals surface area contributed by atoms with Crippen LogP contribution >= 0.6 is 11.6 Å². The zero-order valence-corrected chi connectivity index (χ0v) is 9.09. The van der Waals surface area contributed by atoms with E-state index in [1.54, 1.807) is 0 Å². The first kappa shape index (κ1) is 10.0. The van der Waals surface area contributed by atoms with Crippen molar-refractivity contribution in [3.63, 3.8) is 0 Å². The van der Waals surface area contributed by atoms with Crippen LogP contribution in [-0.4, -0.2) is 11.7 Å². The van der Waals surface area contributed by atoms with E-state index in [1.807, 2.05) is 24.3 Å². The van der Waals surface area contributed by atoms with E-state index in [-0.39, 0.29) is 12.5 Å². The first-order valence-electron chi connectivity index (χ1n) is 5.02. The van der Waals surface area contributed by atoms with E-state index in [0.29, 0.717) is 5.41 Å². The molecule has 0 saturated heterocycles. The summed E-state index contributed by atoms with van der Waals surface area (Å²) in [4.78, 5) is 0. The Balaban J connectivity index is 2.23. The molecule has 2 rings (SSSR count). The summed E-state index contributed by atoms with van der Waals surface area (Å²) in [6.45, 7) is 2.47. The molecular weight excluding hydrogens is 196 g/mol. The van der Waals surface area contributed by atoms with Gasteiger partial charge in [-0.1, -0.05) is 30.7 Å². The van der Waals surface area contributed by atoms with Crippen LogP contribution < -0.4 is 0 Å². The lowest BCUT2D eigenvalue weighted by Gasteiger charge is -2.21. The van der Waals surface area contributed by atoms with Gasteiger partial charge < -0.3 is 5.11 Å². The molecule has 76 valence electrons. The molecule has 0 heterocycles. The molecule has 1 aliphatic rings. The van der Waals surface area contributed by atoms with Crippen LogP contribution in [0.15, 0.2) is 24.3 Å². The van der Waals surface area contributed by atoms with E-state index < -0.39 is 0 Å². The van der Waals surface area contributed by atoms with Gasteiger partial charge >= 0.3 is 0 Å². The van der Waals surface area contributed by atoms with Crippen LogP contribution in [0.2, 0.25) is 5.02 Å². The summed E-state index contributed by atoms with van der Waals surface area (Å²) in [7, 11) is 0. The summed E-state index contributed by atoms with van der Waals surface area (Å²) in [5.74, 6) is 0.278. The van der Waals surface area contributed by atoms with Crippen molar-refractivity contribution in [2.24, 2.45) is 5.41 Å². The van der Waals surface area contributed by atoms with Gasteiger partial charge in [-0.2, -0.15) is 0 Å². The average molecular weight is 211 g/mol. The zero-order chi connectivity index (χ0) is 10.2. The van der Waals surface area contributed by atoms with Crippen molar-refractivity contribution in [1.82, 2.24) is 0 Å². The van der Waals surface area contributed by atoms with E-state index in [0.717, 1.165) is 5.02 Å². The van der Waals surface area contributed by atoms with Gasteiger partial charge in [0.25, 0.3) is 0 Å². The molecule has 1 aromatic rings. The lowest BCUT2D eigenvalue weighted by molar-refractivity contribution is 0.222. The number of aliphatic hydroxyl groups excluding tert-OH is 1. The molecule has 1 N–H and O–H groups in total. The van der Waals surface area contributed by atoms with Crippen molar-refractivity contribution in [3.05, 3.63) is 34.9 Å². The highest BCUT2D eigenvalue weighted by Crippen LogP contribution is 2.55. The Morgan fingerprint density at radius 2 is 1.93 bits per heavy atom. The second kappa shape index (κ2) is 3.56. The highest BCUT2D eigenvalue weighted by atomic mass is 35.5. The average Bonchev–Trinajstić information content (AvgIpc) is 2.89. The van der Waals surface area contributed by atoms with Gasteiger partial charge in [0.05, 0.1) is 6.61 Å². The number of halogens is 1. The third kappa shape index (κ3) is 1.79. The highest BCUT2D eigenvalue weighted by Gasteiger charge is 2.44. The highest BCUT2D eigenvalue weighted by molar-refractivity contribution is 6.30. The summed E-state index contributed by atoms with van der Waals surface area (Å²) >= 11 is 5.83. The molecule has 0 radical (unpaired) electrons. The maximum Gasteiger partial charge on any atom is 0.0504 e. The lowest BCUT2D eigenvalue weighted by atomic mass is 9.85. The Labute approximate surface area is 89.7 Å². The molecule has 0 amide bonds. The molecule has 0 spiro atoms. The Bertz CT molecular complexity index is 314. The standard InChI is InChI=1S/C12H15ClO/c1-12(6-7-12)11(8-14)9-2-4-10(13)5-3-9/h2-5,11,14H,6-8H2,1H3/t11-/m0/s1. The summed E-state index contributed by atoms with van der Waals surface area (Å²) in [6.07, 6.45) is 2.45. The van der Waals surface area contributed by atoms with Gasteiger partial charge in [0, 0.05) is 10.9 Å². The van der Waals surface area contributed by atoms with Crippen LogP contribution in [0.1, 0.15) is 31.2 Å². The molecule has 1 atom stereocenters. The monoisotopic (exact) mass is 210 g/mol. The zero-order valence-electron chi connectivity index (χ0n) is 8.33. The number of rotatable bonds is 3. The fraction of sp³-hybridized carbons (Fsp3) is 0.500. The predicted molar refractivity (Wildman–Crippen MR) is 58.6 cm³/mol. The minimum atomic E-state index is 0.234. The van der Waals surface area contributed by atoms with Gasteiger partial charge in [-0.15, -0.1) is 0 Å². The summed E-state index contributed by atoms with van der Waals surface area (Å²) in [5.41, 5.74) is 1.53. The third-order valence-electron chi connectivity index (χ3n) is 3.33. The molecule has 0 aromatic heterocycles. The van der Waals surface area contributed by atoms with Crippen LogP contribution in [0.5, 0.6) is 0 Å². The molecule has 0 unspecified atom stereocenters. The number of benzene rings is 1. The Hall–Kier alpha value is -0.530. The largest absolute Gasteiger partial charge is 0.396 e. The maximum absolute atomic E-state index is 9.39. The molecule has 2 heteroatoms. The normalized spacial score (nSPS) is 20.5. The SMILES string of the molecule is CC1([C@@H](CO)c2ccc(Cl)cc2)CC1. The topological polar surface area (TPSA) is 20.2 Å². The van der Waals surface area contributed by atoms with Gasteiger partial charge in [-0.25, -0.2) is 0 Å². The molecular formula is C12H15ClO. The van der Waals surface area contributed by atoms with Crippen LogP contribution in [0.25, 0.3) is 0 Å². The smallest absolute Gasteiger partial charge is 0.0504 e. The molecule has 1 nitrogen and oxygen atoms in total. The van der Waals surface area contributed by atoms with Crippen LogP contribution in [0.4, 0.5) is 0 Å². The molecule has 0 aliphatic heterocycles. The van der Waals surface area contributed by atoms with Gasteiger partial charge in [0.2, 0.25) is 0 Å². The van der Waals surface area contributed by atoms with Crippen LogP contribution in [0, 0.1) is 5.41 Å². The minimum Gasteiger partial charge on any atom is -0.396 e. The van der Waals surface area contributed by atoms with Crippen molar-refractivity contribution in [2.75, 3.05) is 6.61 Å². The molecule has 0 bridgehead atoms. The number of aliphatic hydroxyl groups is 1. The Kier molecular flexibility index (Phi) is 2.54. The summed E-state index contributed by atoms with van der Waals surface area (Å²) < 4.78 is 0. The van der Waals surface area contributed by atoms with Crippen LogP contribution in [0.3, 0.4) is 0 Å². The van der Waals surface area contributed by atoms with E-state index in [1.165, 1.54) is 18.4 Å². The molecule has 1 fully saturated rings. The van der Waals surface area contributed by atoms with Crippen molar-refractivity contribution in [2.45, 2.75) is 25.7 Å². The summed E-state index contributed by atoms with van der Waals surface area (Å²) in [5, 5.41) is 10.1. The molecule has 14 heavy (non-hydrogen) atoms. The molecule has 1 aromatic carbocycles. The van der Waals surface area contributed by atoms with Gasteiger partial charge in [0.15, 0.2) is 0 Å². The van der Waals surface area contributed by atoms with E-state index in [2.05, 4.69) is 6.92 Å². The number of hydrogen-bond donors (Lipinski definition) is 1. The molecule has 1 aliphatic carbocycles. The van der Waals surface area contributed by atoms with Crippen molar-refractivity contribution in [1.29, 1.82) is 0 Å². The van der Waals surface area contributed by atoms with Crippen molar-refractivity contribution < 1.29 is 5.11 Å². The predicted octanol–water partition coefficient (Wildman–Crippen LogP) is 3.22. The van der Waals surface area contributed by atoms with Crippen LogP contribution in [-0.2, 0) is 0 Å². The van der Waals surface area contributed by atoms with E-state index in [9.17, 15) is 5.11 Å². The minimum absolute atomic E-state index is 0.234. The van der Waals surface area contributed by atoms with Gasteiger partial charge in [0.1, 0.15) is 0 Å². The second-order valence-corrected chi connectivity index (χ2v) is 4.88. The first-order valence-corrected chi connectivity index (χ1v) is 5.40. The summed E-state index contributed by atoms with van der Waals surface area (Å²) in [6, 6.07) is 7.83. The Morgan fingerprint density at radius 3 is 2.36 bits per heavy atom. The Morgan fingerprint density at radius 1 is 1.36 bits per heavy atom. The van der Waals surface area contributed by atoms with Crippen molar-refractivity contribution >= 4 is 11.6 Å². The van der Waals surface area contributed by atoms with Crippen molar-refractivity contribution in [3.8, 4) is 0 Å². The molecule has 1 saturated carbocycles. The van der Waals surface area contributed by atoms with E-state index >= 15 is 0 Å². The van der Waals surface area contributed by atoms with Gasteiger partial charge in [-0.05, 0) is 36.0 Å². The fourth-order valence-corrected chi connectivity index (χ4v) is 2.09. The fourth-order valence-electron chi connectivity index (χ4n) is 1.97. The third-order valence-corrected chi connectivity index (χ3v) is 3.59. The van der Waals surface area contributed by atoms with Gasteiger partial charge in [-0.3, -0.25) is 0 Å². The lowest BCUT2D eigenvalue weighted by Crippen LogP contribution is -2.14. The first-order chi connectivity index (χ1) is 6.65. The van der Waals surface area contributed by atoms with E-state index in [4.69, 9.17) is 11.6 Å². The maximum atomic E-state index is 9.39. The number of hydrogen-bond acceptors (Lipinski definition) is 1.